The molecule has 38 heavy (non-hydrogen) atoms. The van der Waals surface area contributed by atoms with Crippen molar-refractivity contribution >= 4 is 28.3 Å². The van der Waals surface area contributed by atoms with E-state index >= 15 is 0 Å². The van der Waals surface area contributed by atoms with E-state index in [2.05, 4.69) is 34.0 Å². The van der Waals surface area contributed by atoms with Crippen LogP contribution in [0.1, 0.15) is 26.7 Å². The maximum Gasteiger partial charge on any atom is 0.204 e. The molecule has 0 spiro atoms. The van der Waals surface area contributed by atoms with Crippen LogP contribution in [0.25, 0.3) is 10.9 Å². The van der Waals surface area contributed by atoms with Gasteiger partial charge in [-0.2, -0.15) is 0 Å². The van der Waals surface area contributed by atoms with Crippen molar-refractivity contribution in [3.8, 4) is 11.5 Å². The molecule has 2 heterocycles. The first-order chi connectivity index (χ1) is 18.4. The fraction of sp³-hybridized carbons (Fsp3) is 0.500. The van der Waals surface area contributed by atoms with E-state index in [1.54, 1.807) is 26.4 Å². The van der Waals surface area contributed by atoms with Gasteiger partial charge in [0.25, 0.3) is 0 Å². The van der Waals surface area contributed by atoms with E-state index in [9.17, 15) is 9.59 Å². The number of ether oxygens (including phenoxy) is 3. The van der Waals surface area contributed by atoms with Gasteiger partial charge in [0, 0.05) is 56.9 Å². The van der Waals surface area contributed by atoms with E-state index in [0.717, 1.165) is 45.6 Å². The molecule has 0 amide bonds. The molecule has 1 fully saturated rings. The molecule has 1 aromatic carbocycles. The Bertz CT molecular complexity index is 1230. The largest absolute Gasteiger partial charge is 0.493 e. The maximum atomic E-state index is 13.1. The van der Waals surface area contributed by atoms with Crippen molar-refractivity contribution in [2.45, 2.75) is 26.7 Å². The minimum atomic E-state index is -0.265. The highest BCUT2D eigenvalue weighted by molar-refractivity contribution is 6.21. The number of aromatic nitrogens is 2. The first kappa shape index (κ1) is 27.5. The van der Waals surface area contributed by atoms with Gasteiger partial charge in [-0.1, -0.05) is 20.3 Å². The van der Waals surface area contributed by atoms with Gasteiger partial charge in [0.15, 0.2) is 11.5 Å². The highest BCUT2D eigenvalue weighted by Crippen LogP contribution is 2.34. The van der Waals surface area contributed by atoms with E-state index in [1.807, 2.05) is 4.90 Å². The Morgan fingerprint density at radius 2 is 1.84 bits per heavy atom. The van der Waals surface area contributed by atoms with E-state index in [-0.39, 0.29) is 17.3 Å². The normalized spacial score (nSPS) is 17.6. The first-order valence-electron chi connectivity index (χ1n) is 13.1. The molecular weight excluding hydrogens is 486 g/mol. The molecule has 10 nitrogen and oxygen atoms in total. The van der Waals surface area contributed by atoms with Crippen LogP contribution >= 0.6 is 0 Å². The fourth-order valence-electron chi connectivity index (χ4n) is 4.66. The van der Waals surface area contributed by atoms with Crippen LogP contribution in [0.4, 0.5) is 5.82 Å². The highest BCUT2D eigenvalue weighted by Gasteiger charge is 2.27. The lowest BCUT2D eigenvalue weighted by atomic mass is 10.0. The summed E-state index contributed by atoms with van der Waals surface area (Å²) in [5, 5.41) is 3.68. The third-order valence-electron chi connectivity index (χ3n) is 6.98. The highest BCUT2D eigenvalue weighted by atomic mass is 16.5. The Labute approximate surface area is 223 Å². The Hall–Kier alpha value is -3.50. The number of fused-ring (bicyclic) bond motifs is 1. The monoisotopic (exact) mass is 523 g/mol. The van der Waals surface area contributed by atoms with Crippen molar-refractivity contribution in [1.82, 2.24) is 19.8 Å². The third kappa shape index (κ3) is 6.49. The van der Waals surface area contributed by atoms with Gasteiger partial charge in [0.2, 0.25) is 11.6 Å². The van der Waals surface area contributed by atoms with Crippen LogP contribution in [0.3, 0.4) is 0 Å². The number of allylic oxidation sites excluding steroid dienone is 2. The summed E-state index contributed by atoms with van der Waals surface area (Å²) in [4.78, 5) is 39.4. The number of nitrogens with one attached hydrogen (secondary N) is 1. The number of methoxy groups -OCH3 is 2. The molecule has 1 unspecified atom stereocenters. The van der Waals surface area contributed by atoms with Gasteiger partial charge in [-0.15, -0.1) is 0 Å². The summed E-state index contributed by atoms with van der Waals surface area (Å²) >= 11 is 0. The average molecular weight is 524 g/mol. The van der Waals surface area contributed by atoms with Crippen molar-refractivity contribution in [3.63, 3.8) is 0 Å². The molecule has 1 aromatic heterocycles. The Kier molecular flexibility index (Phi) is 9.30. The summed E-state index contributed by atoms with van der Waals surface area (Å²) in [6.45, 7) is 9.69. The van der Waals surface area contributed by atoms with Crippen molar-refractivity contribution in [2.24, 2.45) is 5.92 Å². The van der Waals surface area contributed by atoms with Crippen LogP contribution in [0, 0.1) is 5.92 Å². The Morgan fingerprint density at radius 1 is 1.00 bits per heavy atom. The zero-order valence-corrected chi connectivity index (χ0v) is 22.7. The second-order valence-electron chi connectivity index (χ2n) is 9.68. The lowest BCUT2D eigenvalue weighted by molar-refractivity contribution is -0.116. The molecule has 204 valence electrons. The van der Waals surface area contributed by atoms with Gasteiger partial charge < -0.3 is 29.3 Å². The SMILES string of the molecule is CCC(C)CN1CCCN(C2=CC(=O)C(Nc3ncnc4cc(OCCOC)c(OC)cc34)=CC2=O)CC1. The Morgan fingerprint density at radius 3 is 2.61 bits per heavy atom. The summed E-state index contributed by atoms with van der Waals surface area (Å²) in [6, 6.07) is 3.50. The molecule has 1 aliphatic heterocycles. The summed E-state index contributed by atoms with van der Waals surface area (Å²) in [5.74, 6) is 1.61. The molecule has 2 aromatic rings. The molecule has 0 radical (unpaired) electrons. The van der Waals surface area contributed by atoms with E-state index in [4.69, 9.17) is 14.2 Å². The predicted molar refractivity (Wildman–Crippen MR) is 145 cm³/mol. The second kappa shape index (κ2) is 12.8. The van der Waals surface area contributed by atoms with Crippen LogP contribution < -0.4 is 14.8 Å². The number of hydrogen-bond donors (Lipinski definition) is 1. The van der Waals surface area contributed by atoms with E-state index < -0.39 is 0 Å². The lowest BCUT2D eigenvalue weighted by Gasteiger charge is -2.27. The van der Waals surface area contributed by atoms with Crippen molar-refractivity contribution < 1.29 is 23.8 Å². The predicted octanol–water partition coefficient (Wildman–Crippen LogP) is 3.05. The van der Waals surface area contributed by atoms with E-state index in [0.29, 0.717) is 53.0 Å². The lowest BCUT2D eigenvalue weighted by Crippen LogP contribution is -2.35. The standard InChI is InChI=1S/C28H37N5O5/c1-5-19(2)17-32-7-6-8-33(10-9-32)23-16-24(34)22(14-25(23)35)31-28-20-13-26(37-4)27(38-12-11-36-3)15-21(20)29-18-30-28/h13-16,18-19H,5-12,17H2,1-4H3,(H,29,30,31). The average Bonchev–Trinajstić information content (AvgIpc) is 3.15. The molecule has 1 N–H and O–H groups in total. The van der Waals surface area contributed by atoms with Gasteiger partial charge in [-0.3, -0.25) is 9.59 Å². The molecule has 1 atom stereocenters. The Balaban J connectivity index is 1.49. The summed E-state index contributed by atoms with van der Waals surface area (Å²) in [7, 11) is 3.15. The molecule has 10 heteroatoms. The van der Waals surface area contributed by atoms with Crippen molar-refractivity contribution in [2.75, 3.05) is 65.5 Å². The van der Waals surface area contributed by atoms with Crippen LogP contribution in [0.5, 0.6) is 11.5 Å². The van der Waals surface area contributed by atoms with Crippen LogP contribution in [0.2, 0.25) is 0 Å². The van der Waals surface area contributed by atoms with Gasteiger partial charge >= 0.3 is 0 Å². The number of anilines is 1. The van der Waals surface area contributed by atoms with Gasteiger partial charge in [-0.25, -0.2) is 9.97 Å². The number of carbonyl (C=O) groups excluding carboxylic acids is 2. The molecule has 4 rings (SSSR count). The van der Waals surface area contributed by atoms with Gasteiger partial charge in [0.05, 0.1) is 30.6 Å². The molecule has 2 aliphatic rings. The van der Waals surface area contributed by atoms with Crippen LogP contribution in [-0.4, -0.2) is 91.5 Å². The maximum absolute atomic E-state index is 13.1. The fourth-order valence-corrected chi connectivity index (χ4v) is 4.66. The number of nitrogens with zero attached hydrogens (tertiary/aromatic N) is 4. The minimum absolute atomic E-state index is 0.173. The smallest absolute Gasteiger partial charge is 0.204 e. The zero-order valence-electron chi connectivity index (χ0n) is 22.7. The van der Waals surface area contributed by atoms with Crippen molar-refractivity contribution in [3.05, 3.63) is 42.0 Å². The minimum Gasteiger partial charge on any atom is -0.493 e. The molecule has 0 bridgehead atoms. The second-order valence-corrected chi connectivity index (χ2v) is 9.68. The zero-order chi connectivity index (χ0) is 27.1. The first-order valence-corrected chi connectivity index (χ1v) is 13.1. The van der Waals surface area contributed by atoms with E-state index in [1.165, 1.54) is 18.5 Å². The number of ketones is 2. The summed E-state index contributed by atoms with van der Waals surface area (Å²) in [6.07, 6.45) is 6.32. The van der Waals surface area contributed by atoms with Crippen LogP contribution in [-0.2, 0) is 14.3 Å². The quantitative estimate of drug-likeness (QED) is 0.349. The molecular formula is C28H37N5O5. The van der Waals surface area contributed by atoms with Crippen molar-refractivity contribution in [1.29, 1.82) is 0 Å². The summed E-state index contributed by atoms with van der Waals surface area (Å²) in [5.41, 5.74) is 1.23. The number of carbonyl (C=O) groups is 2. The van der Waals surface area contributed by atoms with Gasteiger partial charge in [-0.05, 0) is 24.9 Å². The number of benzene rings is 1. The summed E-state index contributed by atoms with van der Waals surface area (Å²) < 4.78 is 16.3. The third-order valence-corrected chi connectivity index (χ3v) is 6.98. The molecule has 1 aliphatic carbocycles. The number of hydrogen-bond acceptors (Lipinski definition) is 10. The van der Waals surface area contributed by atoms with Gasteiger partial charge in [0.1, 0.15) is 18.8 Å². The topological polar surface area (TPSA) is 106 Å². The molecule has 0 saturated carbocycles. The van der Waals surface area contributed by atoms with Crippen LogP contribution in [0.15, 0.2) is 42.0 Å². The number of rotatable bonds is 11. The molecule has 1 saturated heterocycles.